The fraction of sp³-hybridized carbons (Fsp3) is 0.677. The number of aliphatic hydroxyl groups is 1. The van der Waals surface area contributed by atoms with Crippen molar-refractivity contribution in [1.82, 2.24) is 5.32 Å². The smallest absolute Gasteiger partial charge is 0.387 e. The van der Waals surface area contributed by atoms with Crippen molar-refractivity contribution >= 4 is 13.7 Å². The molecule has 0 aromatic carbocycles. The summed E-state index contributed by atoms with van der Waals surface area (Å²) in [7, 11) is 1.54. The first-order chi connectivity index (χ1) is 36.0. The number of nitrogens with zero attached hydrogens (tertiary/aromatic N) is 1. The molecule has 74 heavy (non-hydrogen) atoms. The quantitative estimate of drug-likeness (QED) is 0.0243. The van der Waals surface area contributed by atoms with Crippen LogP contribution in [-0.2, 0) is 18.4 Å². The molecule has 0 aromatic heterocycles. The van der Waals surface area contributed by atoms with Crippen LogP contribution in [0.2, 0.25) is 0 Å². The largest absolute Gasteiger partial charge is 0.472 e. The highest BCUT2D eigenvalue weighted by molar-refractivity contribution is 7.47. The maximum absolute atomic E-state index is 12.9. The number of quaternary nitrogens is 1. The lowest BCUT2D eigenvalue weighted by Gasteiger charge is -2.25. The molecule has 0 heterocycles. The van der Waals surface area contributed by atoms with Gasteiger partial charge in [0, 0.05) is 6.42 Å². The second kappa shape index (κ2) is 54.7. The van der Waals surface area contributed by atoms with Crippen molar-refractivity contribution in [2.45, 2.75) is 244 Å². The Morgan fingerprint density at radius 2 is 0.824 bits per heavy atom. The van der Waals surface area contributed by atoms with E-state index in [4.69, 9.17) is 9.05 Å². The number of allylic oxidation sites excluding steroid dienone is 19. The topological polar surface area (TPSA) is 105 Å². The van der Waals surface area contributed by atoms with Crippen LogP contribution in [0.4, 0.5) is 0 Å². The number of aliphatic hydroxyl groups excluding tert-OH is 1. The predicted octanol–water partition coefficient (Wildman–Crippen LogP) is 18.5. The molecule has 0 fully saturated rings. The summed E-state index contributed by atoms with van der Waals surface area (Å²) in [4.78, 5) is 23.2. The van der Waals surface area contributed by atoms with E-state index < -0.39 is 20.0 Å². The lowest BCUT2D eigenvalue weighted by atomic mass is 10.0. The second-order valence-electron chi connectivity index (χ2n) is 21.0. The molecule has 0 rings (SSSR count). The van der Waals surface area contributed by atoms with E-state index in [1.165, 1.54) is 122 Å². The van der Waals surface area contributed by atoms with Crippen molar-refractivity contribution in [2.75, 3.05) is 40.9 Å². The van der Waals surface area contributed by atoms with Crippen LogP contribution in [0.1, 0.15) is 232 Å². The third-order valence-electron chi connectivity index (χ3n) is 12.7. The van der Waals surface area contributed by atoms with E-state index in [0.717, 1.165) is 89.9 Å². The number of carbonyl (C=O) groups excluding carboxylic acids is 1. The Kier molecular flexibility index (Phi) is 52.4. The number of nitrogens with one attached hydrogen (secondary N) is 1. The molecule has 8 nitrogen and oxygen atoms in total. The van der Waals surface area contributed by atoms with Gasteiger partial charge in [0.15, 0.2) is 0 Å². The molecule has 3 atom stereocenters. The summed E-state index contributed by atoms with van der Waals surface area (Å²) in [6.07, 6.45) is 81.9. The Bertz CT molecular complexity index is 1620. The summed E-state index contributed by atoms with van der Waals surface area (Å²) in [5, 5.41) is 13.8. The number of unbranched alkanes of at least 4 members (excludes halogenated alkanes) is 22. The standard InChI is InChI=1S/C65H113N2O6P/c1-6-8-10-12-14-16-18-19-20-21-22-23-24-25-26-27-28-29-30-31-32-33-34-35-36-37-38-39-40-41-42-43-44-45-46-47-49-51-53-55-57-59-65(69)66-63(62-73-74(70,71)72-61-60-67(3,4)5)64(68)58-56-54-52-50-48-17-15-13-11-9-7-2/h8,10,14,16,19-20,22-23,25-26,28-29,31-32,34-35,48,50,56,58,63-64,68H,6-7,9,11-13,15,17-18,21,24,27,30,33,36-47,49,51-55,57,59-62H2,1-5H3,(H-,66,69,70,71)/p+1/b10-8-,16-14-,20-19-,23-22-,26-25-,29-28-,32-31-,35-34-,50-48+,58-56+. The molecule has 0 aliphatic rings. The second-order valence-corrected chi connectivity index (χ2v) is 22.4. The molecule has 1 amide bonds. The molecular weight excluding hydrogens is 936 g/mol. The maximum atomic E-state index is 12.9. The summed E-state index contributed by atoms with van der Waals surface area (Å²) in [6, 6.07) is -0.867. The highest BCUT2D eigenvalue weighted by Crippen LogP contribution is 2.43. The molecular formula is C65H114N2O6P+. The van der Waals surface area contributed by atoms with E-state index in [1.807, 2.05) is 27.2 Å². The van der Waals surface area contributed by atoms with E-state index in [0.29, 0.717) is 17.4 Å². The highest BCUT2D eigenvalue weighted by atomic mass is 31.2. The Labute approximate surface area is 456 Å². The molecule has 0 spiro atoms. The molecule has 0 aromatic rings. The number of carbonyl (C=O) groups is 1. The normalized spacial score (nSPS) is 14.7. The van der Waals surface area contributed by atoms with Crippen molar-refractivity contribution in [3.05, 3.63) is 122 Å². The van der Waals surface area contributed by atoms with Gasteiger partial charge in [-0.25, -0.2) is 4.57 Å². The molecule has 424 valence electrons. The zero-order chi connectivity index (χ0) is 54.2. The number of likely N-dealkylation sites (N-methyl/N-ethyl adjacent to an activating group) is 1. The number of hydrogen-bond donors (Lipinski definition) is 3. The molecule has 0 bridgehead atoms. The van der Waals surface area contributed by atoms with E-state index in [9.17, 15) is 19.4 Å². The fourth-order valence-corrected chi connectivity index (χ4v) is 8.75. The maximum Gasteiger partial charge on any atom is 0.472 e. The lowest BCUT2D eigenvalue weighted by Crippen LogP contribution is -2.45. The van der Waals surface area contributed by atoms with Crippen molar-refractivity contribution in [3.8, 4) is 0 Å². The van der Waals surface area contributed by atoms with Gasteiger partial charge in [-0.15, -0.1) is 0 Å². The minimum Gasteiger partial charge on any atom is -0.387 e. The van der Waals surface area contributed by atoms with Crippen LogP contribution in [0.5, 0.6) is 0 Å². The third-order valence-corrected chi connectivity index (χ3v) is 13.6. The molecule has 3 N–H and O–H groups in total. The minimum absolute atomic E-state index is 0.0522. The Morgan fingerprint density at radius 3 is 1.24 bits per heavy atom. The number of phosphoric ester groups is 1. The zero-order valence-corrected chi connectivity index (χ0v) is 49.2. The molecule has 0 aliphatic carbocycles. The summed E-state index contributed by atoms with van der Waals surface area (Å²) >= 11 is 0. The van der Waals surface area contributed by atoms with Gasteiger partial charge >= 0.3 is 7.82 Å². The molecule has 3 unspecified atom stereocenters. The van der Waals surface area contributed by atoms with Gasteiger partial charge in [-0.2, -0.15) is 0 Å². The summed E-state index contributed by atoms with van der Waals surface area (Å²) in [5.74, 6) is -0.192. The first kappa shape index (κ1) is 70.9. The van der Waals surface area contributed by atoms with Crippen LogP contribution >= 0.6 is 7.82 Å². The van der Waals surface area contributed by atoms with Crippen LogP contribution in [0, 0.1) is 0 Å². The first-order valence-electron chi connectivity index (χ1n) is 29.9. The van der Waals surface area contributed by atoms with Gasteiger partial charge < -0.3 is 19.8 Å². The van der Waals surface area contributed by atoms with Crippen molar-refractivity contribution < 1.29 is 32.9 Å². The van der Waals surface area contributed by atoms with E-state index in [-0.39, 0.29) is 19.1 Å². The molecule has 0 saturated carbocycles. The first-order valence-corrected chi connectivity index (χ1v) is 31.4. The monoisotopic (exact) mass is 1050 g/mol. The number of phosphoric acid groups is 1. The molecule has 0 saturated heterocycles. The minimum atomic E-state index is -4.35. The van der Waals surface area contributed by atoms with Gasteiger partial charge in [0.05, 0.1) is 39.9 Å². The highest BCUT2D eigenvalue weighted by Gasteiger charge is 2.27. The van der Waals surface area contributed by atoms with Crippen molar-refractivity contribution in [3.63, 3.8) is 0 Å². The summed E-state index contributed by atoms with van der Waals surface area (Å²) in [5.41, 5.74) is 0. The summed E-state index contributed by atoms with van der Waals surface area (Å²) in [6.45, 7) is 4.64. The zero-order valence-electron chi connectivity index (χ0n) is 48.3. The average molecular weight is 1050 g/mol. The fourth-order valence-electron chi connectivity index (χ4n) is 8.01. The van der Waals surface area contributed by atoms with Crippen molar-refractivity contribution in [1.29, 1.82) is 0 Å². The number of rotatable bonds is 53. The van der Waals surface area contributed by atoms with Crippen LogP contribution in [-0.4, -0.2) is 73.4 Å². The Morgan fingerprint density at radius 1 is 0.473 bits per heavy atom. The Hall–Kier alpha value is -3.10. The van der Waals surface area contributed by atoms with E-state index in [2.05, 4.69) is 129 Å². The third kappa shape index (κ3) is 56.6. The van der Waals surface area contributed by atoms with Crippen LogP contribution in [0.3, 0.4) is 0 Å². The number of hydrogen-bond acceptors (Lipinski definition) is 5. The SMILES string of the molecule is CC/C=C\C/C=C\C/C=C\C/C=C\C/C=C\C/C=C\C/C=C\C/C=C\CCCCCCCCCCCCCCCCCCC(=O)NC(COP(=O)(O)OCC[N+](C)(C)C)C(O)/C=C/CC/C=C/CCCCCCC. The lowest BCUT2D eigenvalue weighted by molar-refractivity contribution is -0.870. The van der Waals surface area contributed by atoms with Gasteiger partial charge in [-0.3, -0.25) is 13.8 Å². The number of amides is 1. The van der Waals surface area contributed by atoms with Gasteiger partial charge in [0.25, 0.3) is 0 Å². The summed E-state index contributed by atoms with van der Waals surface area (Å²) < 4.78 is 23.6. The van der Waals surface area contributed by atoms with Gasteiger partial charge in [-0.1, -0.05) is 251 Å². The Balaban J connectivity index is 3.96. The van der Waals surface area contributed by atoms with E-state index >= 15 is 0 Å². The van der Waals surface area contributed by atoms with Gasteiger partial charge in [0.2, 0.25) is 5.91 Å². The molecule has 9 heteroatoms. The van der Waals surface area contributed by atoms with Crippen LogP contribution < -0.4 is 5.32 Å². The van der Waals surface area contributed by atoms with Crippen LogP contribution in [0.15, 0.2) is 122 Å². The van der Waals surface area contributed by atoms with Gasteiger partial charge in [0.1, 0.15) is 13.2 Å². The molecule has 0 aliphatic heterocycles. The van der Waals surface area contributed by atoms with Gasteiger partial charge in [-0.05, 0) is 96.3 Å². The van der Waals surface area contributed by atoms with Crippen LogP contribution in [0.25, 0.3) is 0 Å². The van der Waals surface area contributed by atoms with E-state index in [1.54, 1.807) is 6.08 Å². The molecule has 0 radical (unpaired) electrons. The predicted molar refractivity (Wildman–Crippen MR) is 322 cm³/mol. The average Bonchev–Trinajstić information content (AvgIpc) is 3.36. The van der Waals surface area contributed by atoms with Crippen molar-refractivity contribution in [2.24, 2.45) is 0 Å².